The minimum Gasteiger partial charge on any atom is -0.493 e. The lowest BCUT2D eigenvalue weighted by atomic mass is 9.86. The zero-order valence-corrected chi connectivity index (χ0v) is 23.2. The molecule has 0 spiro atoms. The molecule has 1 atom stereocenters. The van der Waals surface area contributed by atoms with Crippen LogP contribution in [-0.4, -0.2) is 48.7 Å². The molecule has 1 heterocycles. The zero-order chi connectivity index (χ0) is 28.1. The number of carbonyl (C=O) groups is 1. The summed E-state index contributed by atoms with van der Waals surface area (Å²) in [6.07, 6.45) is 3.48. The first kappa shape index (κ1) is 28.1. The van der Waals surface area contributed by atoms with E-state index >= 15 is 0 Å². The van der Waals surface area contributed by atoms with Crippen LogP contribution in [-0.2, 0) is 17.9 Å². The molecule has 3 aromatic carbocycles. The maximum Gasteiger partial charge on any atom is 0.323 e. The van der Waals surface area contributed by atoms with E-state index in [2.05, 4.69) is 18.3 Å². The molecule has 2 aliphatic rings. The van der Waals surface area contributed by atoms with Gasteiger partial charge in [0.1, 0.15) is 37.4 Å². The van der Waals surface area contributed by atoms with Crippen LogP contribution in [0.2, 0.25) is 5.02 Å². The van der Waals surface area contributed by atoms with Gasteiger partial charge in [-0.3, -0.25) is 10.1 Å². The number of nitrogens with one attached hydrogen (secondary N) is 1. The molecule has 3 aromatic rings. The predicted molar refractivity (Wildman–Crippen MR) is 152 cm³/mol. The summed E-state index contributed by atoms with van der Waals surface area (Å²) in [6, 6.07) is 14.5. The second kappa shape index (κ2) is 12.8. The fourth-order valence-electron chi connectivity index (χ4n) is 4.81. The molecule has 0 aromatic heterocycles. The van der Waals surface area contributed by atoms with Crippen LogP contribution in [0, 0.1) is 12.8 Å². The van der Waals surface area contributed by atoms with Gasteiger partial charge in [0.05, 0.1) is 18.2 Å². The van der Waals surface area contributed by atoms with Gasteiger partial charge in [-0.2, -0.15) is 0 Å². The van der Waals surface area contributed by atoms with E-state index in [1.807, 2.05) is 30.3 Å². The van der Waals surface area contributed by atoms with Crippen LogP contribution in [0.5, 0.6) is 23.0 Å². The van der Waals surface area contributed by atoms with Crippen LogP contribution in [0.15, 0.2) is 48.5 Å². The first-order chi connectivity index (χ1) is 19.4. The lowest BCUT2D eigenvalue weighted by Crippen LogP contribution is -2.39. The maximum absolute atomic E-state index is 11.3. The highest BCUT2D eigenvalue weighted by atomic mass is 35.5. The number of halogens is 1. The van der Waals surface area contributed by atoms with E-state index in [-0.39, 0.29) is 6.54 Å². The van der Waals surface area contributed by atoms with E-state index in [9.17, 15) is 15.0 Å². The minimum absolute atomic E-state index is 0.175. The van der Waals surface area contributed by atoms with Gasteiger partial charge in [-0.1, -0.05) is 42.3 Å². The summed E-state index contributed by atoms with van der Waals surface area (Å²) in [6.45, 7) is 3.68. The molecule has 40 heavy (non-hydrogen) atoms. The SMILES string of the molecule is Cc1c(COc2cc(OCC3CCC3)c(CNC(CO)C(=O)O)cc2Cl)cccc1-c1ccc2c(c1)OCCO2. The Morgan fingerprint density at radius 2 is 1.85 bits per heavy atom. The fourth-order valence-corrected chi connectivity index (χ4v) is 5.05. The Bertz CT molecular complexity index is 1360. The van der Waals surface area contributed by atoms with Crippen molar-refractivity contribution in [3.05, 3.63) is 70.2 Å². The number of aliphatic hydroxyl groups is 1. The van der Waals surface area contributed by atoms with Gasteiger partial charge in [0, 0.05) is 18.2 Å². The number of aliphatic carboxylic acids is 1. The van der Waals surface area contributed by atoms with Gasteiger partial charge in [-0.25, -0.2) is 0 Å². The van der Waals surface area contributed by atoms with E-state index in [1.165, 1.54) is 6.42 Å². The Morgan fingerprint density at radius 3 is 2.58 bits per heavy atom. The second-order valence-corrected chi connectivity index (χ2v) is 10.6. The largest absolute Gasteiger partial charge is 0.493 e. The molecular formula is C31H34ClNO7. The molecule has 8 nitrogen and oxygen atoms in total. The highest BCUT2D eigenvalue weighted by Gasteiger charge is 2.21. The fraction of sp³-hybridized carbons (Fsp3) is 0.387. The van der Waals surface area contributed by atoms with Crippen molar-refractivity contribution in [2.45, 2.75) is 45.4 Å². The van der Waals surface area contributed by atoms with Crippen LogP contribution < -0.4 is 24.3 Å². The molecule has 0 amide bonds. The predicted octanol–water partition coefficient (Wildman–Crippen LogP) is 5.38. The van der Waals surface area contributed by atoms with Crippen molar-refractivity contribution in [2.75, 3.05) is 26.4 Å². The number of benzene rings is 3. The average molecular weight is 568 g/mol. The third-order valence-corrected chi connectivity index (χ3v) is 7.81. The quantitative estimate of drug-likeness (QED) is 0.268. The van der Waals surface area contributed by atoms with E-state index < -0.39 is 18.6 Å². The molecule has 1 unspecified atom stereocenters. The average Bonchev–Trinajstić information content (AvgIpc) is 2.93. The Kier molecular flexibility index (Phi) is 8.99. The number of carboxylic acid groups (broad SMARTS) is 1. The molecule has 0 radical (unpaired) electrons. The standard InChI is InChI=1S/C31H34ClNO7/c1-19-22(6-3-7-24(19)21-8-9-27-30(13-21)38-11-10-37-27)18-40-29-14-28(39-17-20-4-2-5-20)23(12-25(29)32)15-33-26(16-34)31(35)36/h3,6-9,12-14,20,26,33-34H,2,4-5,10-11,15-18H2,1H3,(H,35,36). The number of rotatable bonds is 12. The summed E-state index contributed by atoms with van der Waals surface area (Å²) in [5.41, 5.74) is 4.91. The Labute approximate surface area is 238 Å². The summed E-state index contributed by atoms with van der Waals surface area (Å²) in [4.78, 5) is 11.3. The van der Waals surface area contributed by atoms with Crippen molar-refractivity contribution in [1.29, 1.82) is 0 Å². The molecule has 1 fully saturated rings. The van der Waals surface area contributed by atoms with Crippen LogP contribution in [0.4, 0.5) is 0 Å². The first-order valence-corrected chi connectivity index (χ1v) is 13.9. The van der Waals surface area contributed by atoms with E-state index in [4.69, 9.17) is 30.5 Å². The van der Waals surface area contributed by atoms with Gasteiger partial charge >= 0.3 is 5.97 Å². The second-order valence-electron chi connectivity index (χ2n) is 10.2. The first-order valence-electron chi connectivity index (χ1n) is 13.6. The summed E-state index contributed by atoms with van der Waals surface area (Å²) >= 11 is 6.62. The van der Waals surface area contributed by atoms with Crippen molar-refractivity contribution in [2.24, 2.45) is 5.92 Å². The summed E-state index contributed by atoms with van der Waals surface area (Å²) in [5, 5.41) is 21.9. The molecule has 1 aliphatic heterocycles. The number of carboxylic acids is 1. The smallest absolute Gasteiger partial charge is 0.323 e. The van der Waals surface area contributed by atoms with Crippen molar-refractivity contribution in [3.8, 4) is 34.1 Å². The normalized spacial score (nSPS) is 15.3. The highest BCUT2D eigenvalue weighted by molar-refractivity contribution is 6.32. The summed E-state index contributed by atoms with van der Waals surface area (Å²) in [7, 11) is 0. The van der Waals surface area contributed by atoms with E-state index in [0.29, 0.717) is 54.4 Å². The maximum atomic E-state index is 11.3. The lowest BCUT2D eigenvalue weighted by molar-refractivity contribution is -0.140. The van der Waals surface area contributed by atoms with Crippen LogP contribution in [0.1, 0.15) is 36.0 Å². The molecule has 212 valence electrons. The molecular weight excluding hydrogens is 534 g/mol. The molecule has 0 bridgehead atoms. The third-order valence-electron chi connectivity index (χ3n) is 7.52. The molecule has 1 saturated carbocycles. The van der Waals surface area contributed by atoms with Gasteiger partial charge in [0.2, 0.25) is 0 Å². The monoisotopic (exact) mass is 567 g/mol. The van der Waals surface area contributed by atoms with E-state index in [0.717, 1.165) is 46.6 Å². The molecule has 5 rings (SSSR count). The van der Waals surface area contributed by atoms with Crippen molar-refractivity contribution in [1.82, 2.24) is 5.32 Å². The van der Waals surface area contributed by atoms with Crippen LogP contribution >= 0.6 is 11.6 Å². The molecule has 1 aliphatic carbocycles. The van der Waals surface area contributed by atoms with Gasteiger partial charge < -0.3 is 29.2 Å². The number of aliphatic hydroxyl groups excluding tert-OH is 1. The van der Waals surface area contributed by atoms with Crippen LogP contribution in [0.3, 0.4) is 0 Å². The highest BCUT2D eigenvalue weighted by Crippen LogP contribution is 2.38. The van der Waals surface area contributed by atoms with Crippen LogP contribution in [0.25, 0.3) is 11.1 Å². The molecule has 0 saturated heterocycles. The summed E-state index contributed by atoms with van der Waals surface area (Å²) in [5.74, 6) is 1.95. The van der Waals surface area contributed by atoms with Gasteiger partial charge in [-0.15, -0.1) is 0 Å². The Balaban J connectivity index is 1.34. The Morgan fingerprint density at radius 1 is 1.05 bits per heavy atom. The summed E-state index contributed by atoms with van der Waals surface area (Å²) < 4.78 is 23.8. The van der Waals surface area contributed by atoms with Gasteiger partial charge in [-0.05, 0) is 66.1 Å². The topological polar surface area (TPSA) is 106 Å². The van der Waals surface area contributed by atoms with Gasteiger partial charge in [0.25, 0.3) is 0 Å². The van der Waals surface area contributed by atoms with Crippen molar-refractivity contribution in [3.63, 3.8) is 0 Å². The number of hydrogen-bond donors (Lipinski definition) is 3. The third kappa shape index (κ3) is 6.46. The van der Waals surface area contributed by atoms with Crippen molar-refractivity contribution < 1.29 is 34.0 Å². The number of hydrogen-bond acceptors (Lipinski definition) is 7. The van der Waals surface area contributed by atoms with Gasteiger partial charge in [0.15, 0.2) is 11.5 Å². The lowest BCUT2D eigenvalue weighted by Gasteiger charge is -2.26. The van der Waals surface area contributed by atoms with E-state index in [1.54, 1.807) is 12.1 Å². The zero-order valence-electron chi connectivity index (χ0n) is 22.5. The molecule has 9 heteroatoms. The molecule has 3 N–H and O–H groups in total. The minimum atomic E-state index is -1.13. The number of ether oxygens (including phenoxy) is 4. The Hall–Kier alpha value is -3.46. The number of fused-ring (bicyclic) bond motifs is 1. The van der Waals surface area contributed by atoms with Crippen molar-refractivity contribution >= 4 is 17.6 Å².